The molecule has 0 saturated heterocycles. The minimum atomic E-state index is -4.99. The minimum Gasteiger partial charge on any atom is -0.406 e. The number of methoxy groups -OCH3 is 1. The third kappa shape index (κ3) is 3.65. The number of rotatable bonds is 4. The van der Waals surface area contributed by atoms with Gasteiger partial charge in [0.2, 0.25) is 5.82 Å². The van der Waals surface area contributed by atoms with Crippen LogP contribution in [0.2, 0.25) is 0 Å². The number of nitrogens with zero attached hydrogens (tertiary/aromatic N) is 4. The monoisotopic (exact) mass is 392 g/mol. The average molecular weight is 392 g/mol. The topological polar surface area (TPSA) is 61.5 Å². The van der Waals surface area contributed by atoms with E-state index in [-0.39, 0.29) is 22.5 Å². The predicted octanol–water partition coefficient (Wildman–Crippen LogP) is 3.83. The van der Waals surface area contributed by atoms with Gasteiger partial charge >= 0.3 is 12.5 Å². The van der Waals surface area contributed by atoms with Crippen LogP contribution in [0.4, 0.5) is 26.3 Å². The normalized spacial score (nSPS) is 12.6. The highest BCUT2D eigenvalue weighted by Crippen LogP contribution is 2.33. The van der Waals surface area contributed by atoms with E-state index in [0.717, 1.165) is 30.0 Å². The van der Waals surface area contributed by atoms with Gasteiger partial charge in [-0.1, -0.05) is 0 Å². The van der Waals surface area contributed by atoms with Gasteiger partial charge < -0.3 is 9.47 Å². The van der Waals surface area contributed by atoms with Gasteiger partial charge in [-0.05, 0) is 18.6 Å². The molecule has 0 fully saturated rings. The first-order valence-electron chi connectivity index (χ1n) is 7.22. The highest BCUT2D eigenvalue weighted by atomic mass is 19.4. The molecule has 3 rings (SSSR count). The van der Waals surface area contributed by atoms with E-state index >= 15 is 0 Å². The van der Waals surface area contributed by atoms with Gasteiger partial charge in [0.05, 0.1) is 11.9 Å². The summed E-state index contributed by atoms with van der Waals surface area (Å²) in [4.78, 5) is 3.91. The van der Waals surface area contributed by atoms with Crippen LogP contribution in [0.1, 0.15) is 11.4 Å². The van der Waals surface area contributed by atoms with Gasteiger partial charge in [-0.25, -0.2) is 4.39 Å². The van der Waals surface area contributed by atoms with Gasteiger partial charge in [-0.3, -0.25) is 9.38 Å². The average Bonchev–Trinajstić information content (AvgIpc) is 2.96. The molecule has 12 heteroatoms. The highest BCUT2D eigenvalue weighted by Gasteiger charge is 2.37. The van der Waals surface area contributed by atoms with Crippen LogP contribution in [-0.2, 0) is 10.8 Å². The SMILES string of the molecule is COC(F)(F)c1nnc2cnc(-c3c(C)cc(OC(F)(F)F)cc3F)cn12. The molecule has 0 amide bonds. The summed E-state index contributed by atoms with van der Waals surface area (Å²) in [5.41, 5.74) is -0.314. The van der Waals surface area contributed by atoms with Crippen molar-refractivity contribution in [3.63, 3.8) is 0 Å². The molecular weight excluding hydrogens is 382 g/mol. The number of halogens is 6. The van der Waals surface area contributed by atoms with E-state index in [0.29, 0.717) is 6.07 Å². The second-order valence-corrected chi connectivity index (χ2v) is 5.39. The summed E-state index contributed by atoms with van der Waals surface area (Å²) >= 11 is 0. The maximum absolute atomic E-state index is 14.4. The highest BCUT2D eigenvalue weighted by molar-refractivity contribution is 5.66. The Morgan fingerprint density at radius 3 is 2.37 bits per heavy atom. The number of hydrogen-bond acceptors (Lipinski definition) is 5. The Hall–Kier alpha value is -2.89. The molecule has 27 heavy (non-hydrogen) atoms. The van der Waals surface area contributed by atoms with Gasteiger partial charge in [-0.2, -0.15) is 8.78 Å². The molecule has 3 aromatic rings. The summed E-state index contributed by atoms with van der Waals surface area (Å²) in [6, 6.07) is 1.48. The van der Waals surface area contributed by atoms with Crippen molar-refractivity contribution in [3.05, 3.63) is 41.7 Å². The van der Waals surface area contributed by atoms with Crippen LogP contribution >= 0.6 is 0 Å². The third-order valence-electron chi connectivity index (χ3n) is 3.56. The fourth-order valence-corrected chi connectivity index (χ4v) is 2.45. The summed E-state index contributed by atoms with van der Waals surface area (Å²) in [7, 11) is 0.770. The lowest BCUT2D eigenvalue weighted by Gasteiger charge is -2.14. The molecule has 0 bridgehead atoms. The Labute approximate surface area is 147 Å². The van der Waals surface area contributed by atoms with Crippen LogP contribution in [0, 0.1) is 12.7 Å². The Bertz CT molecular complexity index is 979. The van der Waals surface area contributed by atoms with Crippen molar-refractivity contribution in [3.8, 4) is 17.0 Å². The molecule has 0 unspecified atom stereocenters. The molecule has 0 saturated carbocycles. The second-order valence-electron chi connectivity index (χ2n) is 5.39. The number of benzene rings is 1. The number of hydrogen-bond donors (Lipinski definition) is 0. The number of ether oxygens (including phenoxy) is 2. The molecule has 6 nitrogen and oxygen atoms in total. The summed E-state index contributed by atoms with van der Waals surface area (Å²) in [5.74, 6) is -2.69. The van der Waals surface area contributed by atoms with Gasteiger partial charge in [0.15, 0.2) is 5.65 Å². The Morgan fingerprint density at radius 1 is 1.07 bits per heavy atom. The molecule has 144 valence electrons. The van der Waals surface area contributed by atoms with Crippen molar-refractivity contribution < 1.29 is 35.8 Å². The number of aromatic nitrogens is 4. The van der Waals surface area contributed by atoms with Crippen molar-refractivity contribution in [2.24, 2.45) is 0 Å². The number of aryl methyl sites for hydroxylation is 1. The standard InChI is InChI=1S/C15H10F6N4O2/c1-7-3-8(27-15(19,20)21)4-9(16)12(7)10-6-25-11(5-22-10)23-24-13(25)14(17,18)26-2/h3-6H,1-2H3. The molecule has 0 aliphatic heterocycles. The van der Waals surface area contributed by atoms with Gasteiger partial charge in [0.25, 0.3) is 0 Å². The van der Waals surface area contributed by atoms with E-state index < -0.39 is 29.9 Å². The van der Waals surface area contributed by atoms with Crippen LogP contribution in [0.25, 0.3) is 16.9 Å². The molecule has 0 N–H and O–H groups in total. The number of alkyl halides is 5. The molecule has 0 radical (unpaired) electrons. The molecule has 0 atom stereocenters. The molecule has 1 aromatic carbocycles. The summed E-state index contributed by atoms with van der Waals surface area (Å²) in [6.07, 6.45) is -6.65. The van der Waals surface area contributed by atoms with Gasteiger partial charge in [0.1, 0.15) is 11.6 Å². The first-order valence-corrected chi connectivity index (χ1v) is 7.22. The maximum Gasteiger partial charge on any atom is 0.573 e. The molecule has 2 heterocycles. The zero-order valence-electron chi connectivity index (χ0n) is 13.7. The first kappa shape index (κ1) is 18.9. The molecular formula is C15H10F6N4O2. The lowest BCUT2D eigenvalue weighted by atomic mass is 10.0. The van der Waals surface area contributed by atoms with Crippen LogP contribution < -0.4 is 4.74 Å². The molecule has 2 aromatic heterocycles. The third-order valence-corrected chi connectivity index (χ3v) is 3.56. The van der Waals surface area contributed by atoms with Crippen molar-refractivity contribution in [1.29, 1.82) is 0 Å². The van der Waals surface area contributed by atoms with Gasteiger partial charge in [0, 0.05) is 24.9 Å². The zero-order valence-corrected chi connectivity index (χ0v) is 13.7. The van der Waals surface area contributed by atoms with Crippen LogP contribution in [0.3, 0.4) is 0 Å². The van der Waals surface area contributed by atoms with Crippen molar-refractivity contribution in [2.75, 3.05) is 7.11 Å². The predicted molar refractivity (Wildman–Crippen MR) is 78.5 cm³/mol. The van der Waals surface area contributed by atoms with E-state index in [9.17, 15) is 26.3 Å². The Kier molecular flexibility index (Phi) is 4.46. The molecule has 0 spiro atoms. The summed E-state index contributed by atoms with van der Waals surface area (Å²) in [5, 5.41) is 6.85. The Balaban J connectivity index is 2.11. The second kappa shape index (κ2) is 6.37. The van der Waals surface area contributed by atoms with E-state index in [2.05, 4.69) is 24.7 Å². The van der Waals surface area contributed by atoms with Crippen LogP contribution in [0.5, 0.6) is 5.75 Å². The van der Waals surface area contributed by atoms with Gasteiger partial charge in [-0.15, -0.1) is 23.4 Å². The molecule has 0 aliphatic rings. The van der Waals surface area contributed by atoms with Crippen LogP contribution in [-0.4, -0.2) is 33.1 Å². The summed E-state index contributed by atoms with van der Waals surface area (Å²) < 4.78 is 87.5. The van der Waals surface area contributed by atoms with E-state index in [1.165, 1.54) is 6.92 Å². The lowest BCUT2D eigenvalue weighted by molar-refractivity contribution is -0.274. The van der Waals surface area contributed by atoms with E-state index in [1.54, 1.807) is 0 Å². The van der Waals surface area contributed by atoms with E-state index in [1.807, 2.05) is 0 Å². The quantitative estimate of drug-likeness (QED) is 0.632. The molecule has 0 aliphatic carbocycles. The fraction of sp³-hybridized carbons (Fsp3) is 0.267. The van der Waals surface area contributed by atoms with Crippen molar-refractivity contribution in [1.82, 2.24) is 19.6 Å². The van der Waals surface area contributed by atoms with Crippen LogP contribution in [0.15, 0.2) is 24.5 Å². The van der Waals surface area contributed by atoms with Crippen molar-refractivity contribution >= 4 is 5.65 Å². The zero-order chi connectivity index (χ0) is 20.0. The largest absolute Gasteiger partial charge is 0.573 e. The van der Waals surface area contributed by atoms with E-state index in [4.69, 9.17) is 0 Å². The summed E-state index contributed by atoms with van der Waals surface area (Å²) in [6.45, 7) is 1.32. The fourth-order valence-electron chi connectivity index (χ4n) is 2.45. The lowest BCUT2D eigenvalue weighted by Crippen LogP contribution is -2.19. The maximum atomic E-state index is 14.4. The Morgan fingerprint density at radius 2 is 1.78 bits per heavy atom. The smallest absolute Gasteiger partial charge is 0.406 e. The minimum absolute atomic E-state index is 0.0502. The number of fused-ring (bicyclic) bond motifs is 1. The van der Waals surface area contributed by atoms with Crippen molar-refractivity contribution in [2.45, 2.75) is 19.4 Å². The first-order chi connectivity index (χ1) is 12.5.